The van der Waals surface area contributed by atoms with Crippen LogP contribution in [0.2, 0.25) is 0 Å². The summed E-state index contributed by atoms with van der Waals surface area (Å²) in [6.45, 7) is 0.630. The molecule has 4 rings (SSSR count). The number of rotatable bonds is 7. The number of hydrogen-bond acceptors (Lipinski definition) is 6. The maximum absolute atomic E-state index is 12.5. The Balaban J connectivity index is 1.19. The van der Waals surface area contributed by atoms with Gasteiger partial charge in [-0.15, -0.1) is 0 Å². The molecule has 0 aliphatic heterocycles. The molecule has 9 heteroatoms. The summed E-state index contributed by atoms with van der Waals surface area (Å²) in [4.78, 5) is 38.9. The van der Waals surface area contributed by atoms with Crippen LogP contribution in [-0.4, -0.2) is 56.8 Å². The number of pyridine rings is 1. The Morgan fingerprint density at radius 2 is 1.90 bits per heavy atom. The van der Waals surface area contributed by atoms with E-state index in [0.717, 1.165) is 18.5 Å². The summed E-state index contributed by atoms with van der Waals surface area (Å²) in [5.74, 6) is 0.334. The first-order valence-electron chi connectivity index (χ1n) is 9.59. The van der Waals surface area contributed by atoms with Gasteiger partial charge in [0.05, 0.1) is 6.20 Å². The van der Waals surface area contributed by atoms with E-state index < -0.39 is 0 Å². The van der Waals surface area contributed by atoms with Gasteiger partial charge in [-0.3, -0.25) is 19.0 Å². The van der Waals surface area contributed by atoms with Gasteiger partial charge in [-0.25, -0.2) is 9.97 Å². The molecule has 0 unspecified atom stereocenters. The number of imidazole rings is 1. The van der Waals surface area contributed by atoms with Crippen LogP contribution in [0, 0.1) is 0 Å². The largest absolute Gasteiger partial charge is 0.374 e. The van der Waals surface area contributed by atoms with Crippen molar-refractivity contribution >= 4 is 23.3 Å². The van der Waals surface area contributed by atoms with E-state index in [-0.39, 0.29) is 23.9 Å². The SMILES string of the molecule is CN(CCC(=O)NC1CC(NC(=O)c2cnc3ncccn23)C1)c1ccncc1. The number of carbonyl (C=O) groups excluding carboxylic acids is 2. The monoisotopic (exact) mass is 393 g/mol. The van der Waals surface area contributed by atoms with Crippen molar-refractivity contribution < 1.29 is 9.59 Å². The molecule has 0 spiro atoms. The predicted octanol–water partition coefficient (Wildman–Crippen LogP) is 1.03. The van der Waals surface area contributed by atoms with Gasteiger partial charge in [0, 0.05) is 62.6 Å². The van der Waals surface area contributed by atoms with Crippen molar-refractivity contribution in [1.29, 1.82) is 0 Å². The smallest absolute Gasteiger partial charge is 0.270 e. The van der Waals surface area contributed by atoms with E-state index in [1.807, 2.05) is 24.1 Å². The molecular formula is C20H23N7O2. The molecule has 1 fully saturated rings. The minimum absolute atomic E-state index is 0.0218. The van der Waals surface area contributed by atoms with Gasteiger partial charge in [-0.1, -0.05) is 0 Å². The van der Waals surface area contributed by atoms with Crippen LogP contribution in [0.3, 0.4) is 0 Å². The summed E-state index contributed by atoms with van der Waals surface area (Å²) in [6, 6.07) is 5.73. The Bertz CT molecular complexity index is 998. The third kappa shape index (κ3) is 4.34. The minimum atomic E-state index is -0.181. The average Bonchev–Trinajstić information content (AvgIpc) is 3.15. The van der Waals surface area contributed by atoms with Crippen LogP contribution in [0.25, 0.3) is 5.78 Å². The summed E-state index contributed by atoms with van der Waals surface area (Å²) < 4.78 is 1.66. The molecule has 0 atom stereocenters. The first-order chi connectivity index (χ1) is 14.1. The molecule has 3 aromatic heterocycles. The number of anilines is 1. The van der Waals surface area contributed by atoms with Gasteiger partial charge in [0.25, 0.3) is 5.91 Å². The van der Waals surface area contributed by atoms with E-state index in [9.17, 15) is 9.59 Å². The molecule has 29 heavy (non-hydrogen) atoms. The van der Waals surface area contributed by atoms with Gasteiger partial charge in [-0.2, -0.15) is 0 Å². The Kier molecular flexibility index (Phi) is 5.37. The number of nitrogens with zero attached hydrogens (tertiary/aromatic N) is 5. The average molecular weight is 393 g/mol. The highest BCUT2D eigenvalue weighted by molar-refractivity contribution is 5.93. The van der Waals surface area contributed by atoms with E-state index >= 15 is 0 Å². The zero-order valence-electron chi connectivity index (χ0n) is 16.2. The van der Waals surface area contributed by atoms with Crippen molar-refractivity contribution in [3.05, 3.63) is 54.9 Å². The number of fused-ring (bicyclic) bond motifs is 1. The number of amides is 2. The second-order valence-corrected chi connectivity index (χ2v) is 7.22. The van der Waals surface area contributed by atoms with E-state index in [4.69, 9.17) is 0 Å². The Labute approximate surface area is 168 Å². The van der Waals surface area contributed by atoms with Crippen molar-refractivity contribution in [1.82, 2.24) is 30.0 Å². The van der Waals surface area contributed by atoms with Gasteiger partial charge < -0.3 is 15.5 Å². The zero-order chi connectivity index (χ0) is 20.2. The lowest BCUT2D eigenvalue weighted by molar-refractivity contribution is -0.122. The lowest BCUT2D eigenvalue weighted by Gasteiger charge is -2.36. The Morgan fingerprint density at radius 1 is 1.14 bits per heavy atom. The van der Waals surface area contributed by atoms with Crippen LogP contribution in [0.5, 0.6) is 0 Å². The normalized spacial score (nSPS) is 18.1. The number of hydrogen-bond donors (Lipinski definition) is 2. The molecule has 3 aromatic rings. The van der Waals surface area contributed by atoms with Crippen LogP contribution < -0.4 is 15.5 Å². The summed E-state index contributed by atoms with van der Waals surface area (Å²) >= 11 is 0. The second kappa shape index (κ2) is 8.26. The second-order valence-electron chi connectivity index (χ2n) is 7.22. The fraction of sp³-hybridized carbons (Fsp3) is 0.350. The number of aromatic nitrogens is 4. The predicted molar refractivity (Wildman–Crippen MR) is 108 cm³/mol. The maximum Gasteiger partial charge on any atom is 0.270 e. The Morgan fingerprint density at radius 3 is 2.69 bits per heavy atom. The molecule has 0 saturated heterocycles. The van der Waals surface area contributed by atoms with E-state index in [1.54, 1.807) is 35.3 Å². The quantitative estimate of drug-likeness (QED) is 0.621. The van der Waals surface area contributed by atoms with E-state index in [0.29, 0.717) is 24.4 Å². The summed E-state index contributed by atoms with van der Waals surface area (Å²) in [5.41, 5.74) is 1.49. The van der Waals surface area contributed by atoms with Crippen molar-refractivity contribution in [3.8, 4) is 0 Å². The molecule has 0 radical (unpaired) electrons. The molecule has 1 aliphatic carbocycles. The topological polar surface area (TPSA) is 105 Å². The first-order valence-corrected chi connectivity index (χ1v) is 9.59. The molecule has 150 valence electrons. The molecule has 3 heterocycles. The molecule has 2 N–H and O–H groups in total. The third-order valence-corrected chi connectivity index (χ3v) is 5.14. The van der Waals surface area contributed by atoms with Gasteiger partial charge in [0.1, 0.15) is 5.69 Å². The van der Waals surface area contributed by atoms with Crippen molar-refractivity contribution in [2.45, 2.75) is 31.3 Å². The van der Waals surface area contributed by atoms with E-state index in [2.05, 4.69) is 25.6 Å². The maximum atomic E-state index is 12.5. The van der Waals surface area contributed by atoms with Crippen molar-refractivity contribution in [2.24, 2.45) is 0 Å². The van der Waals surface area contributed by atoms with Crippen LogP contribution in [0.15, 0.2) is 49.2 Å². The van der Waals surface area contributed by atoms with Gasteiger partial charge >= 0.3 is 0 Å². The van der Waals surface area contributed by atoms with Crippen LogP contribution >= 0.6 is 0 Å². The van der Waals surface area contributed by atoms with Crippen LogP contribution in [-0.2, 0) is 4.79 Å². The molecule has 9 nitrogen and oxygen atoms in total. The summed E-state index contributed by atoms with van der Waals surface area (Å²) in [6.07, 6.45) is 10.3. The third-order valence-electron chi connectivity index (χ3n) is 5.14. The molecule has 1 aliphatic rings. The summed E-state index contributed by atoms with van der Waals surface area (Å²) in [5, 5.41) is 6.03. The fourth-order valence-electron chi connectivity index (χ4n) is 3.41. The van der Waals surface area contributed by atoms with Crippen molar-refractivity contribution in [2.75, 3.05) is 18.5 Å². The number of nitrogens with one attached hydrogen (secondary N) is 2. The lowest BCUT2D eigenvalue weighted by atomic mass is 9.86. The molecule has 1 saturated carbocycles. The lowest BCUT2D eigenvalue weighted by Crippen LogP contribution is -2.54. The van der Waals surface area contributed by atoms with Gasteiger partial charge in [-0.05, 0) is 31.0 Å². The van der Waals surface area contributed by atoms with Crippen LogP contribution in [0.4, 0.5) is 5.69 Å². The van der Waals surface area contributed by atoms with Gasteiger partial charge in [0.2, 0.25) is 11.7 Å². The highest BCUT2D eigenvalue weighted by atomic mass is 16.2. The molecule has 0 aromatic carbocycles. The van der Waals surface area contributed by atoms with Gasteiger partial charge in [0.15, 0.2) is 0 Å². The van der Waals surface area contributed by atoms with E-state index in [1.165, 1.54) is 6.20 Å². The zero-order valence-corrected chi connectivity index (χ0v) is 16.2. The standard InChI is InChI=1S/C20H23N7O2/c1-26(16-3-7-21-8-4-16)10-5-18(28)24-14-11-15(12-14)25-19(29)17-13-23-20-22-6-2-9-27(17)20/h2-4,6-9,13-15H,5,10-12H2,1H3,(H,24,28)(H,25,29). The molecular weight excluding hydrogens is 370 g/mol. The van der Waals surface area contributed by atoms with Crippen LogP contribution in [0.1, 0.15) is 29.8 Å². The highest BCUT2D eigenvalue weighted by Crippen LogP contribution is 2.21. The minimum Gasteiger partial charge on any atom is -0.374 e. The summed E-state index contributed by atoms with van der Waals surface area (Å²) in [7, 11) is 1.95. The fourth-order valence-corrected chi connectivity index (χ4v) is 3.41. The molecule has 2 amide bonds. The Hall–Kier alpha value is -3.49. The highest BCUT2D eigenvalue weighted by Gasteiger charge is 2.32. The molecule has 0 bridgehead atoms. The number of carbonyl (C=O) groups is 2. The first kappa shape index (κ1) is 18.9. The van der Waals surface area contributed by atoms with Crippen molar-refractivity contribution in [3.63, 3.8) is 0 Å².